The van der Waals surface area contributed by atoms with E-state index in [9.17, 15) is 4.79 Å². The van der Waals surface area contributed by atoms with Crippen molar-refractivity contribution in [3.05, 3.63) is 42.4 Å². The second-order valence-corrected chi connectivity index (χ2v) is 8.18. The quantitative estimate of drug-likeness (QED) is 0.737. The number of carbonyl (C=O) groups excluding carboxylic acids is 1. The minimum Gasteiger partial charge on any atom is -0.381 e. The molecule has 3 aromatic heterocycles. The summed E-state index contributed by atoms with van der Waals surface area (Å²) in [5, 5.41) is 3.80. The number of nitrogens with one attached hydrogen (secondary N) is 1. The topological polar surface area (TPSA) is 78.3 Å². The van der Waals surface area contributed by atoms with Gasteiger partial charge in [-0.05, 0) is 31.5 Å². The number of ether oxygens (including phenoxy) is 2. The fourth-order valence-electron chi connectivity index (χ4n) is 4.16. The number of amides is 1. The zero-order chi connectivity index (χ0) is 20.0. The van der Waals surface area contributed by atoms with E-state index >= 15 is 0 Å². The van der Waals surface area contributed by atoms with Crippen molar-refractivity contribution in [2.24, 2.45) is 0 Å². The van der Waals surface area contributed by atoms with Crippen molar-refractivity contribution in [1.82, 2.24) is 14.5 Å². The lowest BCUT2D eigenvalue weighted by Crippen LogP contribution is -2.48. The van der Waals surface area contributed by atoms with Crippen molar-refractivity contribution in [1.29, 1.82) is 0 Å². The van der Waals surface area contributed by atoms with E-state index in [4.69, 9.17) is 14.5 Å². The molecular weight excluding hydrogens is 368 g/mol. The number of rotatable bonds is 4. The Balaban J connectivity index is 1.65. The number of hydrogen-bond acceptors (Lipinski definition) is 5. The second-order valence-electron chi connectivity index (χ2n) is 8.18. The molecule has 0 aliphatic carbocycles. The number of carbonyl (C=O) groups is 1. The van der Waals surface area contributed by atoms with Gasteiger partial charge < -0.3 is 19.4 Å². The van der Waals surface area contributed by atoms with Gasteiger partial charge in [0.25, 0.3) is 0 Å². The molecule has 0 spiro atoms. The molecule has 29 heavy (non-hydrogen) atoms. The Kier molecular flexibility index (Phi) is 4.37. The van der Waals surface area contributed by atoms with E-state index in [1.54, 1.807) is 0 Å². The first-order valence-corrected chi connectivity index (χ1v) is 9.95. The van der Waals surface area contributed by atoms with Crippen molar-refractivity contribution < 1.29 is 14.3 Å². The van der Waals surface area contributed by atoms with Crippen LogP contribution in [0, 0.1) is 0 Å². The van der Waals surface area contributed by atoms with E-state index in [-0.39, 0.29) is 11.4 Å². The highest BCUT2D eigenvalue weighted by molar-refractivity contribution is 5.98. The van der Waals surface area contributed by atoms with Gasteiger partial charge in [0.05, 0.1) is 42.8 Å². The third-order valence-corrected chi connectivity index (χ3v) is 5.80. The smallest absolute Gasteiger partial charge is 0.222 e. The fourth-order valence-corrected chi connectivity index (χ4v) is 4.16. The molecule has 1 amide bonds. The second kappa shape index (κ2) is 6.93. The van der Waals surface area contributed by atoms with Crippen molar-refractivity contribution in [3.8, 4) is 11.3 Å². The Labute approximate surface area is 169 Å². The van der Waals surface area contributed by atoms with Crippen molar-refractivity contribution in [2.75, 3.05) is 31.7 Å². The van der Waals surface area contributed by atoms with Crippen LogP contribution in [0.2, 0.25) is 0 Å². The summed E-state index contributed by atoms with van der Waals surface area (Å²) in [6, 6.07) is 8.10. The van der Waals surface area contributed by atoms with Gasteiger partial charge in [-0.3, -0.25) is 9.78 Å². The van der Waals surface area contributed by atoms with Gasteiger partial charge in [0.15, 0.2) is 0 Å². The molecule has 2 saturated heterocycles. The molecule has 7 nitrogen and oxygen atoms in total. The van der Waals surface area contributed by atoms with Crippen LogP contribution >= 0.6 is 0 Å². The van der Waals surface area contributed by atoms with Crippen molar-refractivity contribution in [2.45, 2.75) is 31.7 Å². The number of aromatic nitrogens is 3. The van der Waals surface area contributed by atoms with Crippen LogP contribution in [0.3, 0.4) is 0 Å². The van der Waals surface area contributed by atoms with Gasteiger partial charge in [-0.25, -0.2) is 4.98 Å². The fraction of sp³-hybridized carbons (Fsp3) is 0.409. The molecule has 0 bridgehead atoms. The number of fused-ring (bicyclic) bond motifs is 1. The van der Waals surface area contributed by atoms with Crippen LogP contribution in [0.15, 0.2) is 36.7 Å². The van der Waals surface area contributed by atoms with Crippen LogP contribution in [0.5, 0.6) is 0 Å². The largest absolute Gasteiger partial charge is 0.381 e. The maximum atomic E-state index is 11.5. The summed E-state index contributed by atoms with van der Waals surface area (Å²) < 4.78 is 13.3. The zero-order valence-electron chi connectivity index (χ0n) is 16.6. The Bertz CT molecular complexity index is 1080. The van der Waals surface area contributed by atoms with E-state index in [1.165, 1.54) is 6.92 Å². The van der Waals surface area contributed by atoms with Gasteiger partial charge in [-0.1, -0.05) is 6.07 Å². The summed E-state index contributed by atoms with van der Waals surface area (Å²) in [5.74, 6) is 0.746. The molecule has 0 aromatic carbocycles. The SMILES string of the molecule is CC(=O)Nc1cc2c(-c3cccc(C4CCOC4)n3)cn(C3(C)COC3)c2cn1. The Hall–Kier alpha value is -2.77. The normalized spacial score (nSPS) is 20.6. The molecule has 5 rings (SSSR count). The summed E-state index contributed by atoms with van der Waals surface area (Å²) in [6.07, 6.45) is 4.97. The Morgan fingerprint density at radius 2 is 2.17 bits per heavy atom. The van der Waals surface area contributed by atoms with E-state index in [0.717, 1.165) is 47.5 Å². The lowest BCUT2D eigenvalue weighted by molar-refractivity contribution is -0.114. The number of pyridine rings is 2. The van der Waals surface area contributed by atoms with E-state index in [2.05, 4.69) is 40.1 Å². The highest BCUT2D eigenvalue weighted by Gasteiger charge is 2.37. The first-order valence-electron chi connectivity index (χ1n) is 9.95. The van der Waals surface area contributed by atoms with Gasteiger partial charge in [0, 0.05) is 42.3 Å². The van der Waals surface area contributed by atoms with Crippen LogP contribution in [-0.4, -0.2) is 46.9 Å². The van der Waals surface area contributed by atoms with E-state index in [1.807, 2.05) is 18.3 Å². The predicted molar refractivity (Wildman–Crippen MR) is 110 cm³/mol. The maximum absolute atomic E-state index is 11.5. The highest BCUT2D eigenvalue weighted by Crippen LogP contribution is 2.37. The molecule has 2 aliphatic rings. The maximum Gasteiger partial charge on any atom is 0.222 e. The van der Waals surface area contributed by atoms with E-state index in [0.29, 0.717) is 24.9 Å². The summed E-state index contributed by atoms with van der Waals surface area (Å²) in [6.45, 7) is 6.51. The van der Waals surface area contributed by atoms with Gasteiger partial charge in [-0.2, -0.15) is 0 Å². The van der Waals surface area contributed by atoms with Gasteiger partial charge in [0.2, 0.25) is 5.91 Å². The van der Waals surface area contributed by atoms with Crippen molar-refractivity contribution >= 4 is 22.6 Å². The summed E-state index contributed by atoms with van der Waals surface area (Å²) in [7, 11) is 0. The van der Waals surface area contributed by atoms with Crippen LogP contribution < -0.4 is 5.32 Å². The lowest BCUT2D eigenvalue weighted by Gasteiger charge is -2.40. The van der Waals surface area contributed by atoms with Gasteiger partial charge >= 0.3 is 0 Å². The zero-order valence-corrected chi connectivity index (χ0v) is 16.6. The Morgan fingerprint density at radius 1 is 1.31 bits per heavy atom. The molecule has 150 valence electrons. The third-order valence-electron chi connectivity index (χ3n) is 5.80. The molecule has 5 heterocycles. The van der Waals surface area contributed by atoms with Gasteiger partial charge in [-0.15, -0.1) is 0 Å². The Morgan fingerprint density at radius 3 is 2.86 bits per heavy atom. The molecule has 0 saturated carbocycles. The summed E-state index contributed by atoms with van der Waals surface area (Å²) in [4.78, 5) is 20.9. The molecule has 1 unspecified atom stereocenters. The first kappa shape index (κ1) is 18.3. The minimum absolute atomic E-state index is 0.107. The van der Waals surface area contributed by atoms with Gasteiger partial charge in [0.1, 0.15) is 5.82 Å². The minimum atomic E-state index is -0.140. The lowest BCUT2D eigenvalue weighted by atomic mass is 10.0. The van der Waals surface area contributed by atoms with Crippen LogP contribution in [-0.2, 0) is 19.8 Å². The molecule has 3 aromatic rings. The average molecular weight is 392 g/mol. The van der Waals surface area contributed by atoms with Crippen LogP contribution in [0.25, 0.3) is 22.2 Å². The third kappa shape index (κ3) is 3.20. The molecular formula is C22H24N4O3. The highest BCUT2D eigenvalue weighted by atomic mass is 16.5. The van der Waals surface area contributed by atoms with E-state index < -0.39 is 0 Å². The first-order chi connectivity index (χ1) is 14.0. The number of hydrogen-bond donors (Lipinski definition) is 1. The summed E-state index contributed by atoms with van der Waals surface area (Å²) in [5.41, 5.74) is 3.92. The molecule has 0 radical (unpaired) electrons. The van der Waals surface area contributed by atoms with Crippen LogP contribution in [0.1, 0.15) is 31.9 Å². The molecule has 2 fully saturated rings. The molecule has 7 heteroatoms. The molecule has 2 aliphatic heterocycles. The average Bonchev–Trinajstić information content (AvgIpc) is 3.34. The monoisotopic (exact) mass is 392 g/mol. The predicted octanol–water partition coefficient (Wildman–Crippen LogP) is 3.31. The molecule has 1 atom stereocenters. The number of nitrogens with zero attached hydrogens (tertiary/aromatic N) is 3. The van der Waals surface area contributed by atoms with Crippen molar-refractivity contribution in [3.63, 3.8) is 0 Å². The van der Waals surface area contributed by atoms with Crippen LogP contribution in [0.4, 0.5) is 5.82 Å². The summed E-state index contributed by atoms with van der Waals surface area (Å²) >= 11 is 0. The standard InChI is InChI=1S/C22H24N4O3/c1-14(27)24-21-8-16-17(10-26(20(16)9-23-21)22(2)12-29-13-22)19-5-3-4-18(25-19)15-6-7-28-11-15/h3-5,8-10,15H,6-7,11-13H2,1-2H3,(H,23,24,27). The number of anilines is 1. The molecule has 1 N–H and O–H groups in total.